The third kappa shape index (κ3) is 5.30. The van der Waals surface area contributed by atoms with Crippen LogP contribution in [0.15, 0.2) is 12.7 Å². The molecular formula is C12H22N2O4S. The van der Waals surface area contributed by atoms with E-state index in [1.807, 2.05) is 0 Å². The van der Waals surface area contributed by atoms with Gasteiger partial charge in [-0.3, -0.25) is 4.79 Å². The maximum Gasteiger partial charge on any atom is 0.236 e. The second kappa shape index (κ2) is 7.62. The van der Waals surface area contributed by atoms with Gasteiger partial charge < -0.3 is 15.0 Å². The second-order valence-corrected chi connectivity index (χ2v) is 6.79. The summed E-state index contributed by atoms with van der Waals surface area (Å²) in [5.41, 5.74) is 0. The van der Waals surface area contributed by atoms with Crippen LogP contribution >= 0.6 is 0 Å². The van der Waals surface area contributed by atoms with Gasteiger partial charge in [0.25, 0.3) is 0 Å². The maximum absolute atomic E-state index is 12.1. The van der Waals surface area contributed by atoms with Gasteiger partial charge in [0, 0.05) is 26.2 Å². The molecule has 110 valence electrons. The summed E-state index contributed by atoms with van der Waals surface area (Å²) in [7, 11) is -1.44. The predicted octanol–water partition coefficient (Wildman–Crippen LogP) is -0.576. The molecule has 1 atom stereocenters. The Labute approximate surface area is 114 Å². The molecule has 1 saturated heterocycles. The molecule has 1 aliphatic rings. The second-order valence-electron chi connectivity index (χ2n) is 4.56. The van der Waals surface area contributed by atoms with Crippen molar-refractivity contribution in [2.75, 3.05) is 44.9 Å². The van der Waals surface area contributed by atoms with Crippen LogP contribution in [0.4, 0.5) is 0 Å². The monoisotopic (exact) mass is 290 g/mol. The van der Waals surface area contributed by atoms with Crippen molar-refractivity contribution < 1.29 is 17.9 Å². The molecule has 19 heavy (non-hydrogen) atoms. The van der Waals surface area contributed by atoms with Crippen LogP contribution in [-0.2, 0) is 19.4 Å². The molecule has 0 spiro atoms. The number of methoxy groups -OCH3 is 1. The van der Waals surface area contributed by atoms with Crippen molar-refractivity contribution in [2.24, 2.45) is 0 Å². The van der Waals surface area contributed by atoms with Crippen molar-refractivity contribution in [3.05, 3.63) is 12.7 Å². The molecule has 0 aromatic rings. The number of ether oxygens (including phenoxy) is 1. The van der Waals surface area contributed by atoms with E-state index in [1.54, 1.807) is 18.1 Å². The SMILES string of the molecule is C=CCNCC(=O)N(CCOC)C1CCS(=O)(=O)C1. The summed E-state index contributed by atoms with van der Waals surface area (Å²) in [5.74, 6) is 0.124. The van der Waals surface area contributed by atoms with E-state index in [4.69, 9.17) is 4.74 Å². The first kappa shape index (κ1) is 16.1. The molecule has 0 aromatic carbocycles. The molecule has 0 aromatic heterocycles. The molecule has 7 heteroatoms. The highest BCUT2D eigenvalue weighted by Gasteiger charge is 2.34. The fraction of sp³-hybridized carbons (Fsp3) is 0.750. The lowest BCUT2D eigenvalue weighted by molar-refractivity contribution is -0.132. The van der Waals surface area contributed by atoms with E-state index < -0.39 is 9.84 Å². The number of sulfone groups is 1. The van der Waals surface area contributed by atoms with E-state index in [2.05, 4.69) is 11.9 Å². The zero-order chi connectivity index (χ0) is 14.3. The topological polar surface area (TPSA) is 75.7 Å². The van der Waals surface area contributed by atoms with Crippen LogP contribution in [0.2, 0.25) is 0 Å². The Kier molecular flexibility index (Phi) is 6.47. The zero-order valence-corrected chi connectivity index (χ0v) is 12.1. The van der Waals surface area contributed by atoms with E-state index in [1.165, 1.54) is 0 Å². The molecular weight excluding hydrogens is 268 g/mol. The largest absolute Gasteiger partial charge is 0.383 e. The van der Waals surface area contributed by atoms with E-state index in [0.717, 1.165) is 0 Å². The lowest BCUT2D eigenvalue weighted by Gasteiger charge is -2.28. The number of nitrogens with one attached hydrogen (secondary N) is 1. The first-order valence-corrected chi connectivity index (χ1v) is 8.12. The molecule has 1 unspecified atom stereocenters. The Hall–Kier alpha value is -0.920. The third-order valence-electron chi connectivity index (χ3n) is 3.07. The molecule has 0 saturated carbocycles. The van der Waals surface area contributed by atoms with Gasteiger partial charge in [-0.1, -0.05) is 6.08 Å². The standard InChI is InChI=1S/C12H22N2O4S/c1-3-5-13-9-12(15)14(6-7-18-2)11-4-8-19(16,17)10-11/h3,11,13H,1,4-10H2,2H3. The Bertz CT molecular complexity index is 408. The molecule has 1 amide bonds. The average molecular weight is 290 g/mol. The highest BCUT2D eigenvalue weighted by molar-refractivity contribution is 7.91. The molecule has 1 aliphatic heterocycles. The first-order chi connectivity index (χ1) is 9.00. The van der Waals surface area contributed by atoms with Crippen molar-refractivity contribution in [1.82, 2.24) is 10.2 Å². The lowest BCUT2D eigenvalue weighted by Crippen LogP contribution is -2.46. The van der Waals surface area contributed by atoms with Gasteiger partial charge in [-0.15, -0.1) is 6.58 Å². The van der Waals surface area contributed by atoms with Crippen LogP contribution in [0.1, 0.15) is 6.42 Å². The first-order valence-electron chi connectivity index (χ1n) is 6.30. The summed E-state index contributed by atoms with van der Waals surface area (Å²) >= 11 is 0. The molecule has 1 fully saturated rings. The number of hydrogen-bond acceptors (Lipinski definition) is 5. The highest BCUT2D eigenvalue weighted by atomic mass is 32.2. The van der Waals surface area contributed by atoms with Gasteiger partial charge in [0.1, 0.15) is 0 Å². The number of carbonyl (C=O) groups excluding carboxylic acids is 1. The Morgan fingerprint density at radius 3 is 2.84 bits per heavy atom. The minimum absolute atomic E-state index is 0.0594. The van der Waals surface area contributed by atoms with Gasteiger partial charge in [-0.05, 0) is 6.42 Å². The number of nitrogens with zero attached hydrogens (tertiary/aromatic N) is 1. The number of hydrogen-bond donors (Lipinski definition) is 1. The average Bonchev–Trinajstić information content (AvgIpc) is 2.70. The molecule has 1 rings (SSSR count). The molecule has 6 nitrogen and oxygen atoms in total. The van der Waals surface area contributed by atoms with Crippen LogP contribution in [-0.4, -0.2) is 70.1 Å². The Balaban J connectivity index is 2.60. The summed E-state index contributed by atoms with van der Waals surface area (Å²) in [6, 6.07) is -0.224. The Morgan fingerprint density at radius 2 is 2.32 bits per heavy atom. The lowest BCUT2D eigenvalue weighted by atomic mass is 10.2. The van der Waals surface area contributed by atoms with Crippen LogP contribution in [0.25, 0.3) is 0 Å². The van der Waals surface area contributed by atoms with Gasteiger partial charge in [-0.25, -0.2) is 8.42 Å². The summed E-state index contributed by atoms with van der Waals surface area (Å²) < 4.78 is 28.0. The Morgan fingerprint density at radius 1 is 1.58 bits per heavy atom. The predicted molar refractivity (Wildman–Crippen MR) is 73.7 cm³/mol. The fourth-order valence-electron chi connectivity index (χ4n) is 2.10. The molecule has 1 heterocycles. The zero-order valence-electron chi connectivity index (χ0n) is 11.3. The molecule has 1 N–H and O–H groups in total. The van der Waals surface area contributed by atoms with Gasteiger partial charge >= 0.3 is 0 Å². The molecule has 0 bridgehead atoms. The fourth-order valence-corrected chi connectivity index (χ4v) is 3.84. The van der Waals surface area contributed by atoms with Crippen molar-refractivity contribution >= 4 is 15.7 Å². The number of rotatable bonds is 8. The maximum atomic E-state index is 12.1. The van der Waals surface area contributed by atoms with Crippen molar-refractivity contribution in [2.45, 2.75) is 12.5 Å². The van der Waals surface area contributed by atoms with Crippen LogP contribution in [0.5, 0.6) is 0 Å². The van der Waals surface area contributed by atoms with Gasteiger partial charge in [0.2, 0.25) is 5.91 Å². The highest BCUT2D eigenvalue weighted by Crippen LogP contribution is 2.17. The normalized spacial score (nSPS) is 21.2. The van der Waals surface area contributed by atoms with E-state index in [0.29, 0.717) is 26.1 Å². The molecule has 0 aliphatic carbocycles. The third-order valence-corrected chi connectivity index (χ3v) is 4.82. The van der Waals surface area contributed by atoms with Crippen molar-refractivity contribution in [1.29, 1.82) is 0 Å². The van der Waals surface area contributed by atoms with Crippen LogP contribution in [0, 0.1) is 0 Å². The van der Waals surface area contributed by atoms with E-state index in [-0.39, 0.29) is 30.0 Å². The summed E-state index contributed by atoms with van der Waals surface area (Å²) in [6.45, 7) is 5.13. The van der Waals surface area contributed by atoms with Crippen LogP contribution < -0.4 is 5.32 Å². The van der Waals surface area contributed by atoms with Crippen molar-refractivity contribution in [3.63, 3.8) is 0 Å². The minimum Gasteiger partial charge on any atom is -0.383 e. The molecule has 0 radical (unpaired) electrons. The number of carbonyl (C=O) groups is 1. The van der Waals surface area contributed by atoms with Gasteiger partial charge in [0.15, 0.2) is 9.84 Å². The number of amides is 1. The summed E-state index contributed by atoms with van der Waals surface area (Å²) in [6.07, 6.45) is 2.19. The van der Waals surface area contributed by atoms with Gasteiger partial charge in [-0.2, -0.15) is 0 Å². The van der Waals surface area contributed by atoms with E-state index in [9.17, 15) is 13.2 Å². The summed E-state index contributed by atoms with van der Waals surface area (Å²) in [5, 5.41) is 2.94. The minimum atomic E-state index is -3.00. The smallest absolute Gasteiger partial charge is 0.236 e. The van der Waals surface area contributed by atoms with Crippen LogP contribution in [0.3, 0.4) is 0 Å². The van der Waals surface area contributed by atoms with Crippen molar-refractivity contribution in [3.8, 4) is 0 Å². The van der Waals surface area contributed by atoms with E-state index >= 15 is 0 Å². The quantitative estimate of drug-likeness (QED) is 0.478. The van der Waals surface area contributed by atoms with Gasteiger partial charge in [0.05, 0.1) is 24.7 Å². The summed E-state index contributed by atoms with van der Waals surface area (Å²) in [4.78, 5) is 13.7.